The topological polar surface area (TPSA) is 92.7 Å². The largest absolute Gasteiger partial charge is 0.482 e. The summed E-state index contributed by atoms with van der Waals surface area (Å²) in [6, 6.07) is 9.85. The molecule has 6 nitrogen and oxygen atoms in total. The van der Waals surface area contributed by atoms with Gasteiger partial charge in [0.15, 0.2) is 6.61 Å². The van der Waals surface area contributed by atoms with Crippen LogP contribution < -0.4 is 9.46 Å². The summed E-state index contributed by atoms with van der Waals surface area (Å²) in [5, 5.41) is 10.3. The molecule has 21 heavy (non-hydrogen) atoms. The van der Waals surface area contributed by atoms with Gasteiger partial charge in [-0.05, 0) is 17.5 Å². The summed E-state index contributed by atoms with van der Waals surface area (Å²) in [4.78, 5) is 10.5. The number of carboxylic acid groups (broad SMARTS) is 1. The molecule has 1 heterocycles. The lowest BCUT2D eigenvalue weighted by Gasteiger charge is -2.10. The van der Waals surface area contributed by atoms with Gasteiger partial charge in [0.25, 0.3) is 0 Å². The van der Waals surface area contributed by atoms with Gasteiger partial charge in [-0.15, -0.1) is 11.3 Å². The van der Waals surface area contributed by atoms with E-state index in [0.29, 0.717) is 11.3 Å². The summed E-state index contributed by atoms with van der Waals surface area (Å²) >= 11 is 1.12. The predicted octanol–water partition coefficient (Wildman–Crippen LogP) is 1.69. The molecule has 0 bridgehead atoms. The van der Waals surface area contributed by atoms with Gasteiger partial charge in [-0.1, -0.05) is 24.3 Å². The van der Waals surface area contributed by atoms with Crippen molar-refractivity contribution < 1.29 is 23.1 Å². The predicted molar refractivity (Wildman–Crippen MR) is 77.9 cm³/mol. The fraction of sp³-hybridized carbons (Fsp3) is 0.154. The zero-order chi connectivity index (χ0) is 15.3. The van der Waals surface area contributed by atoms with Gasteiger partial charge in [0.1, 0.15) is 9.96 Å². The van der Waals surface area contributed by atoms with Gasteiger partial charge < -0.3 is 9.84 Å². The van der Waals surface area contributed by atoms with Crippen molar-refractivity contribution in [1.29, 1.82) is 0 Å². The fourth-order valence-electron chi connectivity index (χ4n) is 1.59. The Bertz CT molecular complexity index is 710. The molecule has 0 aliphatic rings. The number of hydrogen-bond donors (Lipinski definition) is 2. The van der Waals surface area contributed by atoms with Gasteiger partial charge in [-0.25, -0.2) is 17.9 Å². The van der Waals surface area contributed by atoms with Crippen molar-refractivity contribution in [2.24, 2.45) is 0 Å². The lowest BCUT2D eigenvalue weighted by molar-refractivity contribution is -0.139. The number of para-hydroxylation sites is 1. The van der Waals surface area contributed by atoms with Crippen molar-refractivity contribution in [3.05, 3.63) is 47.3 Å². The van der Waals surface area contributed by atoms with E-state index in [1.807, 2.05) is 0 Å². The molecule has 0 fully saturated rings. The van der Waals surface area contributed by atoms with E-state index in [-0.39, 0.29) is 10.8 Å². The van der Waals surface area contributed by atoms with Gasteiger partial charge in [0.05, 0.1) is 0 Å². The van der Waals surface area contributed by atoms with Crippen molar-refractivity contribution in [2.45, 2.75) is 10.8 Å². The molecular weight excluding hydrogens is 314 g/mol. The van der Waals surface area contributed by atoms with Gasteiger partial charge in [-0.3, -0.25) is 0 Å². The molecule has 112 valence electrons. The lowest BCUT2D eigenvalue weighted by atomic mass is 10.2. The minimum atomic E-state index is -3.57. The third-order valence-electron chi connectivity index (χ3n) is 2.54. The van der Waals surface area contributed by atoms with Crippen molar-refractivity contribution in [1.82, 2.24) is 4.72 Å². The van der Waals surface area contributed by atoms with Gasteiger partial charge in [0.2, 0.25) is 10.0 Å². The maximum absolute atomic E-state index is 12.0. The van der Waals surface area contributed by atoms with Crippen LogP contribution in [0, 0.1) is 0 Å². The van der Waals surface area contributed by atoms with Crippen molar-refractivity contribution in [3.8, 4) is 5.75 Å². The van der Waals surface area contributed by atoms with Crippen molar-refractivity contribution in [2.75, 3.05) is 6.61 Å². The average molecular weight is 327 g/mol. The molecular formula is C13H13NO5S2. The number of carbonyl (C=O) groups is 1. The van der Waals surface area contributed by atoms with E-state index in [1.165, 1.54) is 6.07 Å². The van der Waals surface area contributed by atoms with Crippen molar-refractivity contribution in [3.63, 3.8) is 0 Å². The SMILES string of the molecule is O=C(O)COc1ccccc1CNS(=O)(=O)c1cccs1. The molecule has 1 aromatic heterocycles. The van der Waals surface area contributed by atoms with Gasteiger partial charge in [-0.2, -0.15) is 0 Å². The van der Waals surface area contributed by atoms with Crippen LogP contribution in [-0.4, -0.2) is 26.1 Å². The standard InChI is InChI=1S/C13H13NO5S2/c15-12(16)9-19-11-5-2-1-4-10(11)8-14-21(17,18)13-6-3-7-20-13/h1-7,14H,8-9H2,(H,15,16). The Hall–Kier alpha value is -1.90. The first-order chi connectivity index (χ1) is 9.99. The fourth-order valence-corrected chi connectivity index (χ4v) is 3.63. The highest BCUT2D eigenvalue weighted by atomic mass is 32.2. The van der Waals surface area contributed by atoms with Crippen LogP contribution in [0.1, 0.15) is 5.56 Å². The number of sulfonamides is 1. The summed E-state index contributed by atoms with van der Waals surface area (Å²) in [7, 11) is -3.57. The summed E-state index contributed by atoms with van der Waals surface area (Å²) in [5.41, 5.74) is 0.568. The van der Waals surface area contributed by atoms with E-state index < -0.39 is 22.6 Å². The van der Waals surface area contributed by atoms with Crippen LogP contribution in [0.15, 0.2) is 46.0 Å². The van der Waals surface area contributed by atoms with Crippen LogP contribution in [0.4, 0.5) is 0 Å². The van der Waals surface area contributed by atoms with Crippen LogP contribution >= 0.6 is 11.3 Å². The van der Waals surface area contributed by atoms with E-state index in [4.69, 9.17) is 9.84 Å². The Kier molecular flexibility index (Phi) is 4.94. The number of thiophene rings is 1. The molecule has 2 aromatic rings. The Labute approximate surface area is 126 Å². The normalized spacial score (nSPS) is 11.2. The first kappa shape index (κ1) is 15.5. The molecule has 2 rings (SSSR count). The van der Waals surface area contributed by atoms with E-state index >= 15 is 0 Å². The first-order valence-electron chi connectivity index (χ1n) is 5.95. The number of carboxylic acids is 1. The van der Waals surface area contributed by atoms with Crippen LogP contribution in [0.2, 0.25) is 0 Å². The highest BCUT2D eigenvalue weighted by Gasteiger charge is 2.15. The second-order valence-electron chi connectivity index (χ2n) is 4.05. The second kappa shape index (κ2) is 6.70. The number of nitrogens with one attached hydrogen (secondary N) is 1. The number of rotatable bonds is 7. The van der Waals surface area contributed by atoms with E-state index in [1.54, 1.807) is 35.7 Å². The Balaban J connectivity index is 2.08. The van der Waals surface area contributed by atoms with Crippen molar-refractivity contribution >= 4 is 27.3 Å². The zero-order valence-corrected chi connectivity index (χ0v) is 12.5. The molecule has 0 aliphatic carbocycles. The molecule has 0 unspecified atom stereocenters. The van der Waals surface area contributed by atoms with Crippen LogP contribution in [0.3, 0.4) is 0 Å². The molecule has 0 aliphatic heterocycles. The first-order valence-corrected chi connectivity index (χ1v) is 8.31. The van der Waals surface area contributed by atoms with Gasteiger partial charge >= 0.3 is 5.97 Å². The molecule has 0 atom stereocenters. The number of hydrogen-bond acceptors (Lipinski definition) is 5. The van der Waals surface area contributed by atoms with E-state index in [0.717, 1.165) is 11.3 Å². The summed E-state index contributed by atoms with van der Waals surface area (Å²) < 4.78 is 31.8. The Morgan fingerprint density at radius 3 is 2.67 bits per heavy atom. The average Bonchev–Trinajstić information content (AvgIpc) is 2.99. The van der Waals surface area contributed by atoms with Gasteiger partial charge in [0, 0.05) is 12.1 Å². The summed E-state index contributed by atoms with van der Waals surface area (Å²) in [6.07, 6.45) is 0. The maximum Gasteiger partial charge on any atom is 0.341 e. The minimum absolute atomic E-state index is 0.0238. The highest BCUT2D eigenvalue weighted by Crippen LogP contribution is 2.20. The molecule has 8 heteroatoms. The third kappa shape index (κ3) is 4.28. The van der Waals surface area contributed by atoms with E-state index in [2.05, 4.69) is 4.72 Å². The number of benzene rings is 1. The molecule has 0 saturated carbocycles. The molecule has 2 N–H and O–H groups in total. The quantitative estimate of drug-likeness (QED) is 0.807. The lowest BCUT2D eigenvalue weighted by Crippen LogP contribution is -2.23. The number of ether oxygens (including phenoxy) is 1. The zero-order valence-electron chi connectivity index (χ0n) is 10.9. The second-order valence-corrected chi connectivity index (χ2v) is 6.99. The summed E-state index contributed by atoms with van der Waals surface area (Å²) in [6.45, 7) is -0.454. The Morgan fingerprint density at radius 1 is 1.24 bits per heavy atom. The van der Waals surface area contributed by atoms with Crippen LogP contribution in [0.5, 0.6) is 5.75 Å². The van der Waals surface area contributed by atoms with Crippen LogP contribution in [0.25, 0.3) is 0 Å². The molecule has 1 aromatic carbocycles. The smallest absolute Gasteiger partial charge is 0.341 e. The van der Waals surface area contributed by atoms with Crippen LogP contribution in [-0.2, 0) is 21.4 Å². The monoisotopic (exact) mass is 327 g/mol. The summed E-state index contributed by atoms with van der Waals surface area (Å²) in [5.74, 6) is -0.752. The molecule has 0 saturated heterocycles. The molecule has 0 amide bonds. The minimum Gasteiger partial charge on any atom is -0.482 e. The maximum atomic E-state index is 12.0. The molecule has 0 spiro atoms. The van der Waals surface area contributed by atoms with E-state index in [9.17, 15) is 13.2 Å². The Morgan fingerprint density at radius 2 is 2.00 bits per heavy atom. The molecule has 0 radical (unpaired) electrons. The number of aliphatic carboxylic acids is 1. The highest BCUT2D eigenvalue weighted by molar-refractivity contribution is 7.91. The third-order valence-corrected chi connectivity index (χ3v) is 5.34.